The zero-order chi connectivity index (χ0) is 16.3. The maximum Gasteiger partial charge on any atom is 0.253 e. The van der Waals surface area contributed by atoms with Crippen molar-refractivity contribution in [3.8, 4) is 6.07 Å². The SMILES string of the molecule is N#CC1(C(=O)Nc2ccc(C(=O)N3CCCC3)cc2)CCCC1. The zero-order valence-corrected chi connectivity index (χ0v) is 13.2. The molecule has 2 fully saturated rings. The van der Waals surface area contributed by atoms with Crippen LogP contribution in [0, 0.1) is 16.7 Å². The lowest BCUT2D eigenvalue weighted by atomic mass is 9.87. The molecule has 0 aromatic heterocycles. The van der Waals surface area contributed by atoms with Crippen LogP contribution in [0.4, 0.5) is 5.69 Å². The summed E-state index contributed by atoms with van der Waals surface area (Å²) in [5, 5.41) is 12.2. The molecule has 0 spiro atoms. The Bertz CT molecular complexity index is 633. The quantitative estimate of drug-likeness (QED) is 0.932. The van der Waals surface area contributed by atoms with Crippen LogP contribution < -0.4 is 5.32 Å². The van der Waals surface area contributed by atoms with Gasteiger partial charge in [0, 0.05) is 24.3 Å². The van der Waals surface area contributed by atoms with E-state index in [9.17, 15) is 14.9 Å². The van der Waals surface area contributed by atoms with E-state index in [1.165, 1.54) is 0 Å². The number of likely N-dealkylation sites (tertiary alicyclic amines) is 1. The number of hydrogen-bond donors (Lipinski definition) is 1. The second-order valence-electron chi connectivity index (χ2n) is 6.43. The largest absolute Gasteiger partial charge is 0.339 e. The molecule has 3 rings (SSSR count). The van der Waals surface area contributed by atoms with Gasteiger partial charge < -0.3 is 10.2 Å². The minimum Gasteiger partial charge on any atom is -0.339 e. The van der Waals surface area contributed by atoms with Crippen LogP contribution in [0.3, 0.4) is 0 Å². The maximum absolute atomic E-state index is 12.4. The van der Waals surface area contributed by atoms with E-state index in [0.29, 0.717) is 24.1 Å². The minimum absolute atomic E-state index is 0.0460. The molecule has 5 heteroatoms. The highest BCUT2D eigenvalue weighted by Crippen LogP contribution is 2.38. The van der Waals surface area contributed by atoms with Gasteiger partial charge in [0.25, 0.3) is 5.91 Å². The summed E-state index contributed by atoms with van der Waals surface area (Å²) in [5.41, 5.74) is 0.389. The summed E-state index contributed by atoms with van der Waals surface area (Å²) >= 11 is 0. The van der Waals surface area contributed by atoms with Crippen LogP contribution in [0.2, 0.25) is 0 Å². The normalized spacial score (nSPS) is 19.3. The zero-order valence-electron chi connectivity index (χ0n) is 13.2. The summed E-state index contributed by atoms with van der Waals surface area (Å²) in [5.74, 6) is -0.180. The third kappa shape index (κ3) is 3.07. The molecule has 0 atom stereocenters. The van der Waals surface area contributed by atoms with E-state index in [-0.39, 0.29) is 11.8 Å². The third-order valence-corrected chi connectivity index (χ3v) is 4.89. The second kappa shape index (κ2) is 6.41. The monoisotopic (exact) mass is 311 g/mol. The van der Waals surface area contributed by atoms with Crippen molar-refractivity contribution in [3.63, 3.8) is 0 Å². The highest BCUT2D eigenvalue weighted by Gasteiger charge is 2.41. The van der Waals surface area contributed by atoms with Crippen molar-refractivity contribution in [1.29, 1.82) is 5.26 Å². The van der Waals surface area contributed by atoms with E-state index in [4.69, 9.17) is 0 Å². The lowest BCUT2D eigenvalue weighted by molar-refractivity contribution is -0.122. The molecular formula is C18H21N3O2. The average Bonchev–Trinajstić information content (AvgIpc) is 3.27. The van der Waals surface area contributed by atoms with Gasteiger partial charge in [-0.2, -0.15) is 5.26 Å². The maximum atomic E-state index is 12.4. The Morgan fingerprint density at radius 3 is 2.22 bits per heavy atom. The fraction of sp³-hybridized carbons (Fsp3) is 0.500. The number of nitrogens with zero attached hydrogens (tertiary/aromatic N) is 2. The van der Waals surface area contributed by atoms with Crippen LogP contribution in [0.15, 0.2) is 24.3 Å². The van der Waals surface area contributed by atoms with Crippen molar-refractivity contribution in [1.82, 2.24) is 4.90 Å². The molecule has 0 radical (unpaired) electrons. The lowest BCUT2D eigenvalue weighted by Crippen LogP contribution is -2.32. The fourth-order valence-electron chi connectivity index (χ4n) is 3.42. The first kappa shape index (κ1) is 15.5. The molecule has 0 unspecified atom stereocenters. The average molecular weight is 311 g/mol. The van der Waals surface area contributed by atoms with Crippen molar-refractivity contribution in [3.05, 3.63) is 29.8 Å². The van der Waals surface area contributed by atoms with Crippen LogP contribution in [0.25, 0.3) is 0 Å². The molecule has 1 heterocycles. The highest BCUT2D eigenvalue weighted by atomic mass is 16.2. The van der Waals surface area contributed by atoms with Gasteiger partial charge in [-0.05, 0) is 49.9 Å². The predicted molar refractivity (Wildman–Crippen MR) is 86.7 cm³/mol. The topological polar surface area (TPSA) is 73.2 Å². The van der Waals surface area contributed by atoms with Crippen molar-refractivity contribution in [2.45, 2.75) is 38.5 Å². The summed E-state index contributed by atoms with van der Waals surface area (Å²) < 4.78 is 0. The Balaban J connectivity index is 1.67. The van der Waals surface area contributed by atoms with Gasteiger partial charge in [-0.3, -0.25) is 9.59 Å². The van der Waals surface area contributed by atoms with Crippen LogP contribution >= 0.6 is 0 Å². The van der Waals surface area contributed by atoms with Crippen LogP contribution in [-0.4, -0.2) is 29.8 Å². The van der Waals surface area contributed by atoms with Crippen LogP contribution in [0.5, 0.6) is 0 Å². The van der Waals surface area contributed by atoms with Crippen molar-refractivity contribution in [2.24, 2.45) is 5.41 Å². The first-order chi connectivity index (χ1) is 11.1. The van der Waals surface area contributed by atoms with Gasteiger partial charge in [-0.25, -0.2) is 0 Å². The molecule has 1 aromatic carbocycles. The van der Waals surface area contributed by atoms with E-state index in [1.807, 2.05) is 4.90 Å². The van der Waals surface area contributed by atoms with Crippen LogP contribution in [-0.2, 0) is 4.79 Å². The third-order valence-electron chi connectivity index (χ3n) is 4.89. The summed E-state index contributed by atoms with van der Waals surface area (Å²) in [4.78, 5) is 26.5. The van der Waals surface area contributed by atoms with Gasteiger partial charge in [-0.1, -0.05) is 12.8 Å². The Hall–Kier alpha value is -2.35. The molecule has 0 bridgehead atoms. The van der Waals surface area contributed by atoms with Crippen LogP contribution in [0.1, 0.15) is 48.9 Å². The smallest absolute Gasteiger partial charge is 0.253 e. The molecule has 1 saturated heterocycles. The van der Waals surface area contributed by atoms with E-state index in [0.717, 1.165) is 38.8 Å². The minimum atomic E-state index is -0.885. The summed E-state index contributed by atoms with van der Waals surface area (Å²) in [6, 6.07) is 9.15. The Kier molecular flexibility index (Phi) is 4.33. The number of carbonyl (C=O) groups is 2. The number of hydrogen-bond acceptors (Lipinski definition) is 3. The number of carbonyl (C=O) groups excluding carboxylic acids is 2. The van der Waals surface area contributed by atoms with Gasteiger partial charge in [0.1, 0.15) is 5.41 Å². The molecule has 1 aliphatic carbocycles. The van der Waals surface area contributed by atoms with Crippen molar-refractivity contribution in [2.75, 3.05) is 18.4 Å². The highest BCUT2D eigenvalue weighted by molar-refractivity contribution is 5.98. The fourth-order valence-corrected chi connectivity index (χ4v) is 3.42. The molecule has 120 valence electrons. The first-order valence-electron chi connectivity index (χ1n) is 8.27. The molecule has 1 N–H and O–H groups in total. The molecular weight excluding hydrogens is 290 g/mol. The van der Waals surface area contributed by atoms with E-state index in [2.05, 4.69) is 11.4 Å². The summed E-state index contributed by atoms with van der Waals surface area (Å²) in [7, 11) is 0. The Labute approximate surface area is 136 Å². The predicted octanol–water partition coefficient (Wildman–Crippen LogP) is 2.95. The number of amides is 2. The molecule has 1 aromatic rings. The Morgan fingerprint density at radius 1 is 1.04 bits per heavy atom. The van der Waals surface area contributed by atoms with Gasteiger partial charge in [-0.15, -0.1) is 0 Å². The van der Waals surface area contributed by atoms with Gasteiger partial charge >= 0.3 is 0 Å². The lowest BCUT2D eigenvalue weighted by Gasteiger charge is -2.19. The molecule has 2 aliphatic rings. The van der Waals surface area contributed by atoms with E-state index < -0.39 is 5.41 Å². The second-order valence-corrected chi connectivity index (χ2v) is 6.43. The number of rotatable bonds is 3. The number of anilines is 1. The van der Waals surface area contributed by atoms with Gasteiger partial charge in [0.2, 0.25) is 5.91 Å². The molecule has 23 heavy (non-hydrogen) atoms. The Morgan fingerprint density at radius 2 is 1.65 bits per heavy atom. The standard InChI is InChI=1S/C18H21N3O2/c19-13-18(9-1-2-10-18)17(23)20-15-7-5-14(6-8-15)16(22)21-11-3-4-12-21/h5-8H,1-4,9-12H2,(H,20,23). The summed E-state index contributed by atoms with van der Waals surface area (Å²) in [6.45, 7) is 1.64. The number of benzene rings is 1. The molecule has 1 saturated carbocycles. The van der Waals surface area contributed by atoms with E-state index >= 15 is 0 Å². The van der Waals surface area contributed by atoms with Gasteiger partial charge in [0.05, 0.1) is 6.07 Å². The molecule has 5 nitrogen and oxygen atoms in total. The van der Waals surface area contributed by atoms with Crippen molar-refractivity contribution < 1.29 is 9.59 Å². The molecule has 2 amide bonds. The number of nitrogens with one attached hydrogen (secondary N) is 1. The number of nitriles is 1. The summed E-state index contributed by atoms with van der Waals surface area (Å²) in [6.07, 6.45) is 5.22. The van der Waals surface area contributed by atoms with E-state index in [1.54, 1.807) is 24.3 Å². The first-order valence-corrected chi connectivity index (χ1v) is 8.27. The van der Waals surface area contributed by atoms with Gasteiger partial charge in [0.15, 0.2) is 0 Å². The molecule has 1 aliphatic heterocycles. The van der Waals surface area contributed by atoms with Crippen molar-refractivity contribution >= 4 is 17.5 Å².